The van der Waals surface area contributed by atoms with Crippen molar-refractivity contribution >= 4 is 11.8 Å². The summed E-state index contributed by atoms with van der Waals surface area (Å²) in [4.78, 5) is 17.8. The van der Waals surface area contributed by atoms with Crippen molar-refractivity contribution < 1.29 is 9.90 Å². The SMILES string of the molecule is Cc1ccc(C(=O)O)c(NCCCN2CCCC2)n1. The van der Waals surface area contributed by atoms with Gasteiger partial charge in [-0.2, -0.15) is 0 Å². The van der Waals surface area contributed by atoms with Gasteiger partial charge < -0.3 is 15.3 Å². The molecular weight excluding hydrogens is 242 g/mol. The molecule has 5 heteroatoms. The van der Waals surface area contributed by atoms with Gasteiger partial charge in [-0.3, -0.25) is 0 Å². The third-order valence-corrected chi connectivity index (χ3v) is 3.41. The summed E-state index contributed by atoms with van der Waals surface area (Å²) in [6, 6.07) is 3.33. The molecule has 1 aliphatic heterocycles. The molecule has 19 heavy (non-hydrogen) atoms. The zero-order chi connectivity index (χ0) is 13.7. The highest BCUT2D eigenvalue weighted by molar-refractivity contribution is 5.93. The monoisotopic (exact) mass is 263 g/mol. The van der Waals surface area contributed by atoms with Crippen molar-refractivity contribution in [3.8, 4) is 0 Å². The van der Waals surface area contributed by atoms with Crippen LogP contribution in [0, 0.1) is 6.92 Å². The van der Waals surface area contributed by atoms with Crippen LogP contribution in [0.2, 0.25) is 0 Å². The molecule has 1 aliphatic rings. The van der Waals surface area contributed by atoms with Crippen LogP contribution in [0.4, 0.5) is 5.82 Å². The number of anilines is 1. The van der Waals surface area contributed by atoms with Gasteiger partial charge in [-0.1, -0.05) is 0 Å². The van der Waals surface area contributed by atoms with Crippen molar-refractivity contribution in [3.05, 3.63) is 23.4 Å². The second kappa shape index (κ2) is 6.52. The number of pyridine rings is 1. The van der Waals surface area contributed by atoms with Gasteiger partial charge in [-0.15, -0.1) is 0 Å². The molecular formula is C14H21N3O2. The van der Waals surface area contributed by atoms with E-state index in [1.54, 1.807) is 12.1 Å². The summed E-state index contributed by atoms with van der Waals surface area (Å²) in [5, 5.41) is 12.2. The van der Waals surface area contributed by atoms with Gasteiger partial charge in [-0.25, -0.2) is 9.78 Å². The first-order valence-electron chi connectivity index (χ1n) is 6.84. The number of hydrogen-bond acceptors (Lipinski definition) is 4. The molecule has 0 saturated carbocycles. The van der Waals surface area contributed by atoms with E-state index in [1.807, 2.05) is 6.92 Å². The second-order valence-electron chi connectivity index (χ2n) is 4.98. The fourth-order valence-electron chi connectivity index (χ4n) is 2.38. The Labute approximate surface area is 113 Å². The highest BCUT2D eigenvalue weighted by Crippen LogP contribution is 2.14. The Balaban J connectivity index is 1.84. The summed E-state index contributed by atoms with van der Waals surface area (Å²) in [6.45, 7) is 6.08. The third kappa shape index (κ3) is 3.92. The van der Waals surface area contributed by atoms with E-state index in [2.05, 4.69) is 15.2 Å². The van der Waals surface area contributed by atoms with Gasteiger partial charge in [0.1, 0.15) is 11.4 Å². The van der Waals surface area contributed by atoms with Gasteiger partial charge >= 0.3 is 5.97 Å². The number of rotatable bonds is 6. The number of aryl methyl sites for hydroxylation is 1. The van der Waals surface area contributed by atoms with Gasteiger partial charge in [0.15, 0.2) is 0 Å². The number of carbonyl (C=O) groups is 1. The summed E-state index contributed by atoms with van der Waals surface area (Å²) >= 11 is 0. The molecule has 1 aromatic heterocycles. The highest BCUT2D eigenvalue weighted by atomic mass is 16.4. The maximum absolute atomic E-state index is 11.1. The largest absolute Gasteiger partial charge is 0.478 e. The van der Waals surface area contributed by atoms with Crippen molar-refractivity contribution in [3.63, 3.8) is 0 Å². The molecule has 0 aromatic carbocycles. The number of aromatic nitrogens is 1. The first-order valence-corrected chi connectivity index (χ1v) is 6.84. The lowest BCUT2D eigenvalue weighted by molar-refractivity contribution is 0.0697. The fourth-order valence-corrected chi connectivity index (χ4v) is 2.38. The zero-order valence-corrected chi connectivity index (χ0v) is 11.4. The Kier molecular flexibility index (Phi) is 4.74. The molecule has 5 nitrogen and oxygen atoms in total. The van der Waals surface area contributed by atoms with Gasteiger partial charge in [0, 0.05) is 12.2 Å². The molecule has 0 spiro atoms. The van der Waals surface area contributed by atoms with Crippen molar-refractivity contribution in [2.45, 2.75) is 26.2 Å². The maximum Gasteiger partial charge on any atom is 0.339 e. The summed E-state index contributed by atoms with van der Waals surface area (Å²) < 4.78 is 0. The summed E-state index contributed by atoms with van der Waals surface area (Å²) in [5.41, 5.74) is 1.07. The molecule has 1 fully saturated rings. The van der Waals surface area contributed by atoms with Gasteiger partial charge in [0.2, 0.25) is 0 Å². The molecule has 0 bridgehead atoms. The molecule has 104 valence electrons. The molecule has 2 rings (SSSR count). The van der Waals surface area contributed by atoms with Crippen LogP contribution in [0.15, 0.2) is 12.1 Å². The second-order valence-corrected chi connectivity index (χ2v) is 4.98. The van der Waals surface area contributed by atoms with Crippen molar-refractivity contribution in [2.75, 3.05) is 31.5 Å². The third-order valence-electron chi connectivity index (χ3n) is 3.41. The average Bonchev–Trinajstić information content (AvgIpc) is 2.87. The summed E-state index contributed by atoms with van der Waals surface area (Å²) in [6.07, 6.45) is 3.61. The first kappa shape index (κ1) is 13.8. The van der Waals surface area contributed by atoms with Crippen molar-refractivity contribution in [1.82, 2.24) is 9.88 Å². The Morgan fingerprint density at radius 2 is 2.16 bits per heavy atom. The van der Waals surface area contributed by atoms with Crippen LogP contribution in [0.1, 0.15) is 35.3 Å². The maximum atomic E-state index is 11.1. The lowest BCUT2D eigenvalue weighted by Gasteiger charge is -2.15. The predicted molar refractivity (Wildman–Crippen MR) is 74.7 cm³/mol. The molecule has 0 aliphatic carbocycles. The van der Waals surface area contributed by atoms with E-state index in [1.165, 1.54) is 25.9 Å². The summed E-state index contributed by atoms with van der Waals surface area (Å²) in [5.74, 6) is -0.455. The lowest BCUT2D eigenvalue weighted by Crippen LogP contribution is -2.22. The number of nitrogens with zero attached hydrogens (tertiary/aromatic N) is 2. The predicted octanol–water partition coefficient (Wildman–Crippen LogP) is 1.99. The molecule has 0 unspecified atom stereocenters. The van der Waals surface area contributed by atoms with E-state index in [9.17, 15) is 4.79 Å². The Hall–Kier alpha value is -1.62. The van der Waals surface area contributed by atoms with Gasteiger partial charge in [0.25, 0.3) is 0 Å². The van der Waals surface area contributed by atoms with Crippen LogP contribution in [-0.4, -0.2) is 47.1 Å². The van der Waals surface area contributed by atoms with E-state index >= 15 is 0 Å². The number of likely N-dealkylation sites (tertiary alicyclic amines) is 1. The minimum atomic E-state index is -0.936. The van der Waals surface area contributed by atoms with E-state index in [4.69, 9.17) is 5.11 Å². The first-order chi connectivity index (χ1) is 9.16. The van der Waals surface area contributed by atoms with E-state index in [0.717, 1.165) is 25.2 Å². The molecule has 0 radical (unpaired) electrons. The standard InChI is InChI=1S/C14H21N3O2/c1-11-5-6-12(14(18)19)13(16-11)15-7-4-10-17-8-2-3-9-17/h5-6H,2-4,7-10H2,1H3,(H,15,16)(H,18,19). The fraction of sp³-hybridized carbons (Fsp3) is 0.571. The van der Waals surface area contributed by atoms with Crippen LogP contribution in [-0.2, 0) is 0 Å². The Bertz CT molecular complexity index is 442. The van der Waals surface area contributed by atoms with Crippen molar-refractivity contribution in [2.24, 2.45) is 0 Å². The normalized spacial score (nSPS) is 15.6. The number of nitrogens with one attached hydrogen (secondary N) is 1. The van der Waals surface area contributed by atoms with E-state index in [0.29, 0.717) is 5.82 Å². The number of carboxylic acid groups (broad SMARTS) is 1. The molecule has 1 saturated heterocycles. The van der Waals surface area contributed by atoms with Crippen LogP contribution in [0.25, 0.3) is 0 Å². The Morgan fingerprint density at radius 3 is 2.84 bits per heavy atom. The van der Waals surface area contributed by atoms with Crippen LogP contribution < -0.4 is 5.32 Å². The summed E-state index contributed by atoms with van der Waals surface area (Å²) in [7, 11) is 0. The van der Waals surface area contributed by atoms with Crippen LogP contribution >= 0.6 is 0 Å². The molecule has 2 N–H and O–H groups in total. The minimum absolute atomic E-state index is 0.242. The number of carboxylic acids is 1. The van der Waals surface area contributed by atoms with Gasteiger partial charge in [-0.05, 0) is 58.0 Å². The number of hydrogen-bond donors (Lipinski definition) is 2. The highest BCUT2D eigenvalue weighted by Gasteiger charge is 2.12. The minimum Gasteiger partial charge on any atom is -0.478 e. The smallest absolute Gasteiger partial charge is 0.339 e. The molecule has 0 amide bonds. The van der Waals surface area contributed by atoms with Crippen molar-refractivity contribution in [1.29, 1.82) is 0 Å². The van der Waals surface area contributed by atoms with E-state index < -0.39 is 5.97 Å². The topological polar surface area (TPSA) is 65.5 Å². The molecule has 0 atom stereocenters. The van der Waals surface area contributed by atoms with E-state index in [-0.39, 0.29) is 5.56 Å². The lowest BCUT2D eigenvalue weighted by atomic mass is 10.2. The van der Waals surface area contributed by atoms with Crippen LogP contribution in [0.3, 0.4) is 0 Å². The van der Waals surface area contributed by atoms with Crippen LogP contribution in [0.5, 0.6) is 0 Å². The molecule has 2 heterocycles. The number of aromatic carboxylic acids is 1. The quantitative estimate of drug-likeness (QED) is 0.768. The average molecular weight is 263 g/mol. The molecule has 1 aromatic rings. The zero-order valence-electron chi connectivity index (χ0n) is 11.4. The Morgan fingerprint density at radius 1 is 1.42 bits per heavy atom. The van der Waals surface area contributed by atoms with Gasteiger partial charge in [0.05, 0.1) is 0 Å².